The third-order valence-electron chi connectivity index (χ3n) is 2.85. The number of hydrogen-bond acceptors (Lipinski definition) is 4. The minimum absolute atomic E-state index is 0.863. The Morgan fingerprint density at radius 2 is 2.25 bits per heavy atom. The molecule has 2 heterocycles. The average Bonchev–Trinajstić information content (AvgIpc) is 2.32. The van der Waals surface area contributed by atoms with E-state index >= 15 is 0 Å². The highest BCUT2D eigenvalue weighted by atomic mass is 15.0. The van der Waals surface area contributed by atoms with Gasteiger partial charge in [-0.05, 0) is 26.8 Å². The highest BCUT2D eigenvalue weighted by molar-refractivity contribution is 5.35. The van der Waals surface area contributed by atoms with Crippen molar-refractivity contribution in [3.05, 3.63) is 29.2 Å². The predicted molar refractivity (Wildman–Crippen MR) is 65.6 cm³/mol. The maximum atomic E-state index is 4.44. The second-order valence-electron chi connectivity index (χ2n) is 4.10. The molecule has 0 amide bonds. The molecule has 1 aromatic rings. The lowest BCUT2D eigenvalue weighted by molar-refractivity contribution is 0.697. The molecular formula is C12H18N4. The molecule has 86 valence electrons. The van der Waals surface area contributed by atoms with Gasteiger partial charge in [0.15, 0.2) is 0 Å². The van der Waals surface area contributed by atoms with Crippen LogP contribution in [-0.2, 0) is 0 Å². The van der Waals surface area contributed by atoms with Gasteiger partial charge in [-0.2, -0.15) is 0 Å². The lowest BCUT2D eigenvalue weighted by Crippen LogP contribution is -2.23. The highest BCUT2D eigenvalue weighted by Crippen LogP contribution is 2.08. The van der Waals surface area contributed by atoms with E-state index in [4.69, 9.17) is 0 Å². The smallest absolute Gasteiger partial charge is 0.145 e. The minimum atomic E-state index is 0.863. The van der Waals surface area contributed by atoms with Crippen LogP contribution in [0.4, 0.5) is 5.82 Å². The van der Waals surface area contributed by atoms with Gasteiger partial charge in [0.05, 0.1) is 17.6 Å². The van der Waals surface area contributed by atoms with Crippen LogP contribution in [0.3, 0.4) is 0 Å². The molecule has 0 unspecified atom stereocenters. The van der Waals surface area contributed by atoms with Crippen LogP contribution in [0.15, 0.2) is 17.8 Å². The molecule has 0 aromatic carbocycles. The van der Waals surface area contributed by atoms with Crippen molar-refractivity contribution in [3.63, 3.8) is 0 Å². The Hall–Kier alpha value is -1.42. The summed E-state index contributed by atoms with van der Waals surface area (Å²) in [7, 11) is 0. The van der Waals surface area contributed by atoms with Crippen molar-refractivity contribution >= 4 is 5.82 Å². The van der Waals surface area contributed by atoms with Crippen molar-refractivity contribution in [1.29, 1.82) is 0 Å². The largest absolute Gasteiger partial charge is 0.365 e. The number of rotatable bonds is 3. The van der Waals surface area contributed by atoms with Gasteiger partial charge in [0.1, 0.15) is 5.82 Å². The maximum absolute atomic E-state index is 4.44. The van der Waals surface area contributed by atoms with Crippen LogP contribution in [0, 0.1) is 13.8 Å². The summed E-state index contributed by atoms with van der Waals surface area (Å²) < 4.78 is 0. The Kier molecular flexibility index (Phi) is 3.51. The van der Waals surface area contributed by atoms with Gasteiger partial charge in [0.25, 0.3) is 0 Å². The maximum Gasteiger partial charge on any atom is 0.145 e. The van der Waals surface area contributed by atoms with Gasteiger partial charge in [0.2, 0.25) is 0 Å². The van der Waals surface area contributed by atoms with Gasteiger partial charge in [0, 0.05) is 13.1 Å². The molecule has 4 heteroatoms. The van der Waals surface area contributed by atoms with Crippen molar-refractivity contribution in [2.24, 2.45) is 0 Å². The van der Waals surface area contributed by atoms with E-state index in [1.165, 1.54) is 5.57 Å². The third-order valence-corrected chi connectivity index (χ3v) is 2.85. The molecule has 2 N–H and O–H groups in total. The van der Waals surface area contributed by atoms with E-state index in [0.717, 1.165) is 43.3 Å². The molecule has 0 aliphatic carbocycles. The Morgan fingerprint density at radius 1 is 1.38 bits per heavy atom. The van der Waals surface area contributed by atoms with Crippen LogP contribution in [0.1, 0.15) is 17.8 Å². The Labute approximate surface area is 96.2 Å². The van der Waals surface area contributed by atoms with E-state index in [2.05, 4.69) is 26.7 Å². The predicted octanol–water partition coefficient (Wildman–Crippen LogP) is 1.43. The molecule has 1 aliphatic heterocycles. The Bertz CT molecular complexity index is 398. The topological polar surface area (TPSA) is 49.8 Å². The van der Waals surface area contributed by atoms with Crippen LogP contribution in [0.25, 0.3) is 0 Å². The molecular weight excluding hydrogens is 200 g/mol. The minimum Gasteiger partial charge on any atom is -0.365 e. The normalized spacial score (nSPS) is 15.8. The van der Waals surface area contributed by atoms with E-state index in [1.807, 2.05) is 13.8 Å². The van der Waals surface area contributed by atoms with Crippen molar-refractivity contribution in [3.8, 4) is 0 Å². The highest BCUT2D eigenvalue weighted by Gasteiger charge is 2.03. The molecule has 4 nitrogen and oxygen atoms in total. The van der Waals surface area contributed by atoms with Crippen molar-refractivity contribution < 1.29 is 0 Å². The fourth-order valence-electron chi connectivity index (χ4n) is 1.66. The molecule has 0 fully saturated rings. The summed E-state index contributed by atoms with van der Waals surface area (Å²) in [6, 6.07) is 0. The molecule has 0 spiro atoms. The lowest BCUT2D eigenvalue weighted by Gasteiger charge is -2.15. The third kappa shape index (κ3) is 2.79. The Morgan fingerprint density at radius 3 is 2.94 bits per heavy atom. The summed E-state index contributed by atoms with van der Waals surface area (Å²) in [5.74, 6) is 0.863. The number of anilines is 1. The summed E-state index contributed by atoms with van der Waals surface area (Å²) in [6.07, 6.45) is 5.15. The van der Waals surface area contributed by atoms with Crippen LogP contribution in [0.5, 0.6) is 0 Å². The molecule has 0 bridgehead atoms. The molecule has 1 aromatic heterocycles. The van der Waals surface area contributed by atoms with Crippen LogP contribution in [-0.4, -0.2) is 29.6 Å². The SMILES string of the molecule is Cc1ncc(NCC2=CCNCC2)nc1C. The van der Waals surface area contributed by atoms with Gasteiger partial charge in [-0.15, -0.1) is 0 Å². The van der Waals surface area contributed by atoms with Gasteiger partial charge < -0.3 is 10.6 Å². The number of nitrogens with zero attached hydrogens (tertiary/aromatic N) is 2. The molecule has 0 saturated heterocycles. The molecule has 16 heavy (non-hydrogen) atoms. The summed E-state index contributed by atoms with van der Waals surface area (Å²) in [6.45, 7) is 6.89. The second-order valence-corrected chi connectivity index (χ2v) is 4.10. The van der Waals surface area contributed by atoms with Gasteiger partial charge in [-0.25, -0.2) is 4.98 Å². The summed E-state index contributed by atoms with van der Waals surface area (Å²) >= 11 is 0. The first-order valence-corrected chi connectivity index (χ1v) is 5.68. The zero-order valence-corrected chi connectivity index (χ0v) is 9.88. The first-order valence-electron chi connectivity index (χ1n) is 5.68. The monoisotopic (exact) mass is 218 g/mol. The number of aryl methyl sites for hydroxylation is 2. The molecule has 0 atom stereocenters. The van der Waals surface area contributed by atoms with Crippen molar-refractivity contribution in [2.75, 3.05) is 25.0 Å². The van der Waals surface area contributed by atoms with Gasteiger partial charge in [-0.1, -0.05) is 11.6 Å². The van der Waals surface area contributed by atoms with Gasteiger partial charge in [-0.3, -0.25) is 4.98 Å². The van der Waals surface area contributed by atoms with E-state index in [-0.39, 0.29) is 0 Å². The number of aromatic nitrogens is 2. The van der Waals surface area contributed by atoms with Crippen LogP contribution >= 0.6 is 0 Å². The first-order chi connectivity index (χ1) is 7.75. The fraction of sp³-hybridized carbons (Fsp3) is 0.500. The van der Waals surface area contributed by atoms with E-state index in [0.29, 0.717) is 0 Å². The fourth-order valence-corrected chi connectivity index (χ4v) is 1.66. The number of nitrogens with one attached hydrogen (secondary N) is 2. The molecule has 2 rings (SSSR count). The van der Waals surface area contributed by atoms with Crippen molar-refractivity contribution in [1.82, 2.24) is 15.3 Å². The summed E-state index contributed by atoms with van der Waals surface area (Å²) in [5.41, 5.74) is 3.43. The second kappa shape index (κ2) is 5.07. The standard InChI is InChI=1S/C12H18N4/c1-9-10(2)16-12(8-14-9)15-7-11-3-5-13-6-4-11/h3,8,13H,4-7H2,1-2H3,(H,15,16). The quantitative estimate of drug-likeness (QED) is 0.753. The van der Waals surface area contributed by atoms with E-state index in [1.54, 1.807) is 6.20 Å². The first kappa shape index (κ1) is 11.1. The zero-order valence-electron chi connectivity index (χ0n) is 9.88. The van der Waals surface area contributed by atoms with Crippen LogP contribution < -0.4 is 10.6 Å². The summed E-state index contributed by atoms with van der Waals surface area (Å²) in [5, 5.41) is 6.61. The zero-order chi connectivity index (χ0) is 11.4. The molecule has 0 radical (unpaired) electrons. The van der Waals surface area contributed by atoms with Crippen LogP contribution in [0.2, 0.25) is 0 Å². The molecule has 1 aliphatic rings. The van der Waals surface area contributed by atoms with E-state index < -0.39 is 0 Å². The van der Waals surface area contributed by atoms with Crippen molar-refractivity contribution in [2.45, 2.75) is 20.3 Å². The average molecular weight is 218 g/mol. The lowest BCUT2D eigenvalue weighted by atomic mass is 10.1. The summed E-state index contributed by atoms with van der Waals surface area (Å²) in [4.78, 5) is 8.73. The van der Waals surface area contributed by atoms with Gasteiger partial charge >= 0.3 is 0 Å². The van der Waals surface area contributed by atoms with E-state index in [9.17, 15) is 0 Å². The molecule has 0 saturated carbocycles. The Balaban J connectivity index is 1.94. The number of hydrogen-bond donors (Lipinski definition) is 2.